The third-order valence-electron chi connectivity index (χ3n) is 2.98. The highest BCUT2D eigenvalue weighted by atomic mass is 35.5. The van der Waals surface area contributed by atoms with Gasteiger partial charge in [0.15, 0.2) is 0 Å². The molecule has 0 aromatic heterocycles. The van der Waals surface area contributed by atoms with Gasteiger partial charge in [-0.05, 0) is 19.1 Å². The van der Waals surface area contributed by atoms with Gasteiger partial charge >= 0.3 is 5.97 Å². The minimum absolute atomic E-state index is 0.219. The van der Waals surface area contributed by atoms with E-state index >= 15 is 0 Å². The molecule has 6 heteroatoms. The van der Waals surface area contributed by atoms with Crippen LogP contribution in [0.15, 0.2) is 53.6 Å². The molecule has 0 spiro atoms. The molecule has 23 heavy (non-hydrogen) atoms. The molecule has 0 saturated heterocycles. The van der Waals surface area contributed by atoms with Crippen molar-refractivity contribution in [1.29, 1.82) is 5.26 Å². The second kappa shape index (κ2) is 7.97. The lowest BCUT2D eigenvalue weighted by Gasteiger charge is -2.10. The summed E-state index contributed by atoms with van der Waals surface area (Å²) in [6.07, 6.45) is 0. The molecule has 0 aliphatic carbocycles. The first-order chi connectivity index (χ1) is 11.2. The number of nitrogens with one attached hydrogen (secondary N) is 1. The molecule has 116 valence electrons. The number of rotatable bonds is 5. The van der Waals surface area contributed by atoms with Gasteiger partial charge in [-0.15, -0.1) is 0 Å². The van der Waals surface area contributed by atoms with Gasteiger partial charge in [0.2, 0.25) is 5.17 Å². The summed E-state index contributed by atoms with van der Waals surface area (Å²) < 4.78 is 4.76. The Balaban J connectivity index is 2.34. The van der Waals surface area contributed by atoms with E-state index in [4.69, 9.17) is 16.3 Å². The van der Waals surface area contributed by atoms with Crippen molar-refractivity contribution in [2.45, 2.75) is 6.92 Å². The lowest BCUT2D eigenvalue weighted by atomic mass is 9.99. The van der Waals surface area contributed by atoms with E-state index < -0.39 is 5.97 Å². The fourth-order valence-electron chi connectivity index (χ4n) is 1.98. The molecule has 0 fully saturated rings. The summed E-state index contributed by atoms with van der Waals surface area (Å²) in [5, 5.41) is 12.8. The number of esters is 1. The summed E-state index contributed by atoms with van der Waals surface area (Å²) >= 11 is 5.78. The number of para-hydroxylation sites is 1. The first kappa shape index (κ1) is 16.5. The number of carbonyl (C=O) groups excluding carboxylic acids is 1. The van der Waals surface area contributed by atoms with Crippen LogP contribution >= 0.6 is 11.6 Å². The zero-order valence-corrected chi connectivity index (χ0v) is 13.2. The minimum atomic E-state index is -0.698. The highest BCUT2D eigenvalue weighted by molar-refractivity contribution is 6.82. The second-order valence-corrected chi connectivity index (χ2v) is 4.80. The lowest BCUT2D eigenvalue weighted by molar-refractivity contribution is -0.134. The second-order valence-electron chi connectivity index (χ2n) is 4.44. The molecule has 2 aromatic rings. The Labute approximate surface area is 139 Å². The molecule has 0 heterocycles. The van der Waals surface area contributed by atoms with Crippen molar-refractivity contribution < 1.29 is 9.53 Å². The van der Waals surface area contributed by atoms with Crippen LogP contribution in [0.1, 0.15) is 12.5 Å². The van der Waals surface area contributed by atoms with Crippen LogP contribution in [0.25, 0.3) is 11.1 Å². The van der Waals surface area contributed by atoms with Crippen LogP contribution in [-0.2, 0) is 9.53 Å². The molecule has 2 rings (SSSR count). The Morgan fingerprint density at radius 1 is 1.22 bits per heavy atom. The molecule has 2 aromatic carbocycles. The van der Waals surface area contributed by atoms with E-state index in [1.54, 1.807) is 25.1 Å². The number of hydrogen-bond acceptors (Lipinski definition) is 5. The van der Waals surface area contributed by atoms with E-state index in [0.717, 1.165) is 11.1 Å². The van der Waals surface area contributed by atoms with Gasteiger partial charge in [-0.25, -0.2) is 4.79 Å². The normalized spacial score (nSPS) is 10.7. The number of hydrogen-bond donors (Lipinski definition) is 1. The molecular weight excluding hydrogens is 314 g/mol. The summed E-state index contributed by atoms with van der Waals surface area (Å²) in [5.74, 6) is -0.698. The van der Waals surface area contributed by atoms with Crippen molar-refractivity contribution >= 4 is 28.4 Å². The zero-order chi connectivity index (χ0) is 16.7. The van der Waals surface area contributed by atoms with Gasteiger partial charge in [0.1, 0.15) is 0 Å². The van der Waals surface area contributed by atoms with Gasteiger partial charge in [0, 0.05) is 11.1 Å². The number of nitrogens with zero attached hydrogens (tertiary/aromatic N) is 2. The van der Waals surface area contributed by atoms with Gasteiger partial charge in [0.25, 0.3) is 0 Å². The molecule has 0 amide bonds. The Morgan fingerprint density at radius 3 is 2.57 bits per heavy atom. The van der Waals surface area contributed by atoms with Crippen LogP contribution in [0.2, 0.25) is 0 Å². The highest BCUT2D eigenvalue weighted by Crippen LogP contribution is 2.30. The largest absolute Gasteiger partial charge is 0.461 e. The summed E-state index contributed by atoms with van der Waals surface area (Å²) in [6, 6.07) is 16.7. The summed E-state index contributed by atoms with van der Waals surface area (Å²) in [4.78, 5) is 11.5. The fourth-order valence-corrected chi connectivity index (χ4v) is 2.07. The molecule has 0 bridgehead atoms. The van der Waals surface area contributed by atoms with Gasteiger partial charge < -0.3 is 4.74 Å². The first-order valence-corrected chi connectivity index (χ1v) is 7.30. The Morgan fingerprint density at radius 2 is 1.87 bits per heavy atom. The predicted molar refractivity (Wildman–Crippen MR) is 90.1 cm³/mol. The van der Waals surface area contributed by atoms with Crippen LogP contribution < -0.4 is 5.43 Å². The molecule has 0 saturated carbocycles. The van der Waals surface area contributed by atoms with E-state index in [0.29, 0.717) is 11.3 Å². The monoisotopic (exact) mass is 327 g/mol. The molecule has 0 unspecified atom stereocenters. The Hall–Kier alpha value is -2.84. The number of anilines is 1. The SMILES string of the molecule is CCOC(=O)C(Cl)=NNc1ccccc1-c1ccccc1C#N. The summed E-state index contributed by atoms with van der Waals surface area (Å²) in [5.41, 5.74) is 5.46. The Kier molecular flexibility index (Phi) is 5.73. The van der Waals surface area contributed by atoms with Gasteiger partial charge in [-0.1, -0.05) is 48.0 Å². The first-order valence-electron chi connectivity index (χ1n) is 6.92. The molecule has 0 radical (unpaired) electrons. The van der Waals surface area contributed by atoms with Crippen LogP contribution in [0.5, 0.6) is 0 Å². The molecule has 0 atom stereocenters. The summed E-state index contributed by atoms with van der Waals surface area (Å²) in [6.45, 7) is 1.90. The number of halogens is 1. The van der Waals surface area contributed by atoms with Crippen molar-refractivity contribution in [3.63, 3.8) is 0 Å². The van der Waals surface area contributed by atoms with Crippen LogP contribution in [0.4, 0.5) is 5.69 Å². The molecule has 1 N–H and O–H groups in total. The summed E-state index contributed by atoms with van der Waals surface area (Å²) in [7, 11) is 0. The molecule has 0 aliphatic heterocycles. The van der Waals surface area contributed by atoms with Crippen LogP contribution in [0, 0.1) is 11.3 Å². The van der Waals surface area contributed by atoms with E-state index in [9.17, 15) is 10.1 Å². The maximum atomic E-state index is 11.5. The highest BCUT2D eigenvalue weighted by Gasteiger charge is 2.11. The van der Waals surface area contributed by atoms with Crippen LogP contribution in [0.3, 0.4) is 0 Å². The quantitative estimate of drug-likeness (QED) is 0.515. The van der Waals surface area contributed by atoms with Crippen molar-refractivity contribution in [3.05, 3.63) is 54.1 Å². The van der Waals surface area contributed by atoms with Crippen LogP contribution in [-0.4, -0.2) is 17.7 Å². The standard InChI is InChI=1S/C17H14ClN3O2/c1-2-23-17(22)16(18)21-20-15-10-6-5-9-14(15)13-8-4-3-7-12(13)11-19/h3-10,20H,2H2,1H3. The Bertz CT molecular complexity index is 781. The number of ether oxygens (including phenoxy) is 1. The third kappa shape index (κ3) is 4.09. The molecule has 5 nitrogen and oxygen atoms in total. The van der Waals surface area contributed by atoms with Gasteiger partial charge in [-0.2, -0.15) is 10.4 Å². The zero-order valence-electron chi connectivity index (χ0n) is 12.4. The van der Waals surface area contributed by atoms with Gasteiger partial charge in [-0.3, -0.25) is 5.43 Å². The topological polar surface area (TPSA) is 74.5 Å². The number of hydrazone groups is 1. The predicted octanol–water partition coefficient (Wildman–Crippen LogP) is 3.75. The maximum Gasteiger partial charge on any atom is 0.370 e. The van der Waals surface area contributed by atoms with Crippen molar-refractivity contribution in [2.75, 3.05) is 12.0 Å². The van der Waals surface area contributed by atoms with E-state index in [-0.39, 0.29) is 11.8 Å². The minimum Gasteiger partial charge on any atom is -0.461 e. The fraction of sp³-hybridized carbons (Fsp3) is 0.118. The van der Waals surface area contributed by atoms with E-state index in [1.165, 1.54) is 0 Å². The average Bonchev–Trinajstić information content (AvgIpc) is 2.60. The van der Waals surface area contributed by atoms with Crippen molar-refractivity contribution in [2.24, 2.45) is 5.10 Å². The van der Waals surface area contributed by atoms with Crippen molar-refractivity contribution in [3.8, 4) is 17.2 Å². The average molecular weight is 328 g/mol. The lowest BCUT2D eigenvalue weighted by Crippen LogP contribution is -2.13. The number of benzene rings is 2. The smallest absolute Gasteiger partial charge is 0.370 e. The molecular formula is C17H14ClN3O2. The van der Waals surface area contributed by atoms with Gasteiger partial charge in [0.05, 0.1) is 23.9 Å². The van der Waals surface area contributed by atoms with E-state index in [1.807, 2.05) is 30.3 Å². The maximum absolute atomic E-state index is 11.5. The molecule has 0 aliphatic rings. The number of nitriles is 1. The third-order valence-corrected chi connectivity index (χ3v) is 3.22. The number of carbonyl (C=O) groups is 1. The van der Waals surface area contributed by atoms with Crippen molar-refractivity contribution in [1.82, 2.24) is 0 Å². The van der Waals surface area contributed by atoms with E-state index in [2.05, 4.69) is 16.6 Å².